The lowest BCUT2D eigenvalue weighted by molar-refractivity contribution is -0.113. The van der Waals surface area contributed by atoms with Crippen molar-refractivity contribution < 1.29 is 13.2 Å². The van der Waals surface area contributed by atoms with E-state index in [4.69, 9.17) is 0 Å². The van der Waals surface area contributed by atoms with Crippen LogP contribution in [-0.4, -0.2) is 55.5 Å². The second kappa shape index (κ2) is 10.7. The number of amides is 1. The molecule has 0 spiro atoms. The van der Waals surface area contributed by atoms with Crippen LogP contribution in [0.2, 0.25) is 0 Å². The number of hydrogen-bond acceptors (Lipinski definition) is 6. The minimum Gasteiger partial charge on any atom is -0.372 e. The summed E-state index contributed by atoms with van der Waals surface area (Å²) in [6, 6.07) is 11.2. The quantitative estimate of drug-likeness (QED) is 0.612. The normalized spacial score (nSPS) is 17.8. The van der Waals surface area contributed by atoms with Crippen LogP contribution in [0.4, 0.5) is 11.4 Å². The summed E-state index contributed by atoms with van der Waals surface area (Å²) in [5.41, 5.74) is 1.96. The van der Waals surface area contributed by atoms with E-state index in [-0.39, 0.29) is 16.6 Å². The molecule has 3 heterocycles. The van der Waals surface area contributed by atoms with E-state index in [0.717, 1.165) is 44.5 Å². The summed E-state index contributed by atoms with van der Waals surface area (Å²) < 4.78 is 27.2. The molecule has 32 heavy (non-hydrogen) atoms. The lowest BCUT2D eigenvalue weighted by Gasteiger charge is -2.19. The maximum absolute atomic E-state index is 12.8. The number of carbonyl (C=O) groups excluding carboxylic acids is 1. The molecule has 2 fully saturated rings. The van der Waals surface area contributed by atoms with Crippen molar-refractivity contribution in [1.82, 2.24) is 9.29 Å². The molecule has 0 aliphatic carbocycles. The fourth-order valence-corrected chi connectivity index (χ4v) is 6.21. The summed E-state index contributed by atoms with van der Waals surface area (Å²) in [6.45, 7) is 3.32. The highest BCUT2D eigenvalue weighted by atomic mass is 32.2. The van der Waals surface area contributed by atoms with E-state index in [0.29, 0.717) is 18.1 Å². The molecule has 9 heteroatoms. The molecule has 0 unspecified atom stereocenters. The molecule has 2 aliphatic heterocycles. The van der Waals surface area contributed by atoms with Gasteiger partial charge in [0.25, 0.3) is 0 Å². The van der Waals surface area contributed by atoms with Gasteiger partial charge >= 0.3 is 0 Å². The van der Waals surface area contributed by atoms with Crippen LogP contribution in [0.5, 0.6) is 0 Å². The van der Waals surface area contributed by atoms with Gasteiger partial charge in [-0.2, -0.15) is 4.31 Å². The third-order valence-electron chi connectivity index (χ3n) is 5.89. The van der Waals surface area contributed by atoms with Gasteiger partial charge in [-0.15, -0.1) is 0 Å². The van der Waals surface area contributed by atoms with Crippen molar-refractivity contribution in [3.05, 3.63) is 42.6 Å². The van der Waals surface area contributed by atoms with Crippen LogP contribution in [0, 0.1) is 0 Å². The molecule has 2 saturated heterocycles. The Hall–Kier alpha value is -2.10. The molecular formula is C23H30N4O3S2. The number of hydrogen-bond donors (Lipinski definition) is 1. The van der Waals surface area contributed by atoms with Gasteiger partial charge in [-0.25, -0.2) is 13.4 Å². The van der Waals surface area contributed by atoms with Crippen molar-refractivity contribution in [2.75, 3.05) is 42.1 Å². The van der Waals surface area contributed by atoms with Crippen molar-refractivity contribution in [2.24, 2.45) is 0 Å². The average molecular weight is 475 g/mol. The SMILES string of the molecule is O=C(CSc1ccc(S(=O)(=O)N2CCCCCC2)cn1)Nc1ccc(N2CCCC2)cc1. The van der Waals surface area contributed by atoms with Crippen molar-refractivity contribution in [3.63, 3.8) is 0 Å². The Bertz CT molecular complexity index is 997. The fourth-order valence-electron chi connectivity index (χ4n) is 4.10. The average Bonchev–Trinajstić information content (AvgIpc) is 3.20. The Kier molecular flexibility index (Phi) is 7.70. The largest absolute Gasteiger partial charge is 0.372 e. The van der Waals surface area contributed by atoms with E-state index in [1.165, 1.54) is 36.5 Å². The molecule has 1 aromatic carbocycles. The Labute approximate surface area is 194 Å². The summed E-state index contributed by atoms with van der Waals surface area (Å²) in [4.78, 5) is 19.2. The van der Waals surface area contributed by atoms with E-state index in [9.17, 15) is 13.2 Å². The molecular weight excluding hydrogens is 444 g/mol. The number of anilines is 2. The molecule has 0 saturated carbocycles. The molecule has 4 rings (SSSR count). The molecule has 1 aromatic heterocycles. The Morgan fingerprint density at radius 2 is 1.56 bits per heavy atom. The zero-order chi connectivity index (χ0) is 22.4. The summed E-state index contributed by atoms with van der Waals surface area (Å²) in [6.07, 6.45) is 7.81. The summed E-state index contributed by atoms with van der Waals surface area (Å²) in [5.74, 6) is 0.0889. The molecule has 172 valence electrons. The first-order valence-corrected chi connectivity index (χ1v) is 13.7. The lowest BCUT2D eigenvalue weighted by Crippen LogP contribution is -2.32. The van der Waals surface area contributed by atoms with Crippen molar-refractivity contribution in [2.45, 2.75) is 48.4 Å². The highest BCUT2D eigenvalue weighted by molar-refractivity contribution is 7.99. The Morgan fingerprint density at radius 3 is 2.19 bits per heavy atom. The second-order valence-corrected chi connectivity index (χ2v) is 11.2. The number of thioether (sulfide) groups is 1. The topological polar surface area (TPSA) is 82.6 Å². The van der Waals surface area contributed by atoms with Gasteiger partial charge in [0.2, 0.25) is 15.9 Å². The highest BCUT2D eigenvalue weighted by Gasteiger charge is 2.25. The van der Waals surface area contributed by atoms with Crippen LogP contribution in [0.25, 0.3) is 0 Å². The smallest absolute Gasteiger partial charge is 0.244 e. The highest BCUT2D eigenvalue weighted by Crippen LogP contribution is 2.24. The molecule has 0 bridgehead atoms. The number of aromatic nitrogens is 1. The molecule has 0 atom stereocenters. The predicted octanol–water partition coefficient (Wildman–Crippen LogP) is 3.98. The van der Waals surface area contributed by atoms with Crippen molar-refractivity contribution in [1.29, 1.82) is 0 Å². The first kappa shape index (κ1) is 23.1. The number of nitrogens with zero attached hydrogens (tertiary/aromatic N) is 3. The van der Waals surface area contributed by atoms with Gasteiger partial charge in [0, 0.05) is 43.8 Å². The fraction of sp³-hybridized carbons (Fsp3) is 0.478. The van der Waals surface area contributed by atoms with E-state index in [1.807, 2.05) is 24.3 Å². The van der Waals surface area contributed by atoms with Crippen LogP contribution < -0.4 is 10.2 Å². The summed E-state index contributed by atoms with van der Waals surface area (Å²) in [5, 5.41) is 3.53. The van der Waals surface area contributed by atoms with Crippen molar-refractivity contribution in [3.8, 4) is 0 Å². The van der Waals surface area contributed by atoms with Gasteiger partial charge in [0.05, 0.1) is 10.8 Å². The Morgan fingerprint density at radius 1 is 0.906 bits per heavy atom. The van der Waals surface area contributed by atoms with E-state index < -0.39 is 10.0 Å². The predicted molar refractivity (Wildman–Crippen MR) is 129 cm³/mol. The maximum atomic E-state index is 12.8. The lowest BCUT2D eigenvalue weighted by atomic mass is 10.2. The van der Waals surface area contributed by atoms with Gasteiger partial charge in [0.1, 0.15) is 4.90 Å². The van der Waals surface area contributed by atoms with Crippen LogP contribution in [-0.2, 0) is 14.8 Å². The minimum atomic E-state index is -3.51. The first-order chi connectivity index (χ1) is 15.5. The standard InChI is InChI=1S/C23H30N4O3S2/c28-22(25-19-7-9-20(10-8-19)26-13-5-6-14-26)18-31-23-12-11-21(17-24-23)32(29,30)27-15-3-1-2-4-16-27/h7-12,17H,1-6,13-16,18H2,(H,25,28). The first-order valence-electron chi connectivity index (χ1n) is 11.3. The van der Waals surface area contributed by atoms with E-state index in [1.54, 1.807) is 16.4 Å². The zero-order valence-electron chi connectivity index (χ0n) is 18.2. The number of rotatable bonds is 7. The summed E-state index contributed by atoms with van der Waals surface area (Å²) >= 11 is 1.29. The molecule has 2 aromatic rings. The maximum Gasteiger partial charge on any atom is 0.244 e. The van der Waals surface area contributed by atoms with Gasteiger partial charge in [0.15, 0.2) is 0 Å². The van der Waals surface area contributed by atoms with Crippen LogP contribution >= 0.6 is 11.8 Å². The zero-order valence-corrected chi connectivity index (χ0v) is 19.8. The van der Waals surface area contributed by atoms with Gasteiger partial charge in [-0.1, -0.05) is 24.6 Å². The second-order valence-electron chi connectivity index (χ2n) is 8.23. The number of carbonyl (C=O) groups is 1. The van der Waals surface area contributed by atoms with Gasteiger partial charge in [-0.05, 0) is 62.1 Å². The van der Waals surface area contributed by atoms with Crippen LogP contribution in [0.1, 0.15) is 38.5 Å². The molecule has 2 aliphatic rings. The molecule has 0 radical (unpaired) electrons. The third kappa shape index (κ3) is 5.82. The van der Waals surface area contributed by atoms with Crippen LogP contribution in [0.15, 0.2) is 52.5 Å². The van der Waals surface area contributed by atoms with E-state index >= 15 is 0 Å². The Balaban J connectivity index is 1.28. The van der Waals surface area contributed by atoms with Gasteiger partial charge < -0.3 is 10.2 Å². The minimum absolute atomic E-state index is 0.119. The molecule has 7 nitrogen and oxygen atoms in total. The van der Waals surface area contributed by atoms with Gasteiger partial charge in [-0.3, -0.25) is 4.79 Å². The van der Waals surface area contributed by atoms with Crippen LogP contribution in [0.3, 0.4) is 0 Å². The molecule has 1 amide bonds. The van der Waals surface area contributed by atoms with Crippen molar-refractivity contribution >= 4 is 39.1 Å². The number of sulfonamides is 1. The molecule has 1 N–H and O–H groups in total. The number of pyridine rings is 1. The monoisotopic (exact) mass is 474 g/mol. The summed E-state index contributed by atoms with van der Waals surface area (Å²) in [7, 11) is -3.51. The van der Waals surface area contributed by atoms with E-state index in [2.05, 4.69) is 15.2 Å². The number of nitrogens with one attached hydrogen (secondary N) is 1. The number of benzene rings is 1. The third-order valence-corrected chi connectivity index (χ3v) is 8.71.